The molecule has 0 bridgehead atoms. The summed E-state index contributed by atoms with van der Waals surface area (Å²) in [5, 5.41) is 0. The van der Waals surface area contributed by atoms with E-state index < -0.39 is 6.17 Å². The molecule has 0 saturated heterocycles. The van der Waals surface area contributed by atoms with Gasteiger partial charge >= 0.3 is 0 Å². The smallest absolute Gasteiger partial charge is 0.102 e. The van der Waals surface area contributed by atoms with Gasteiger partial charge in [0.2, 0.25) is 0 Å². The highest BCUT2D eigenvalue weighted by atomic mass is 31.0. The van der Waals surface area contributed by atoms with Gasteiger partial charge in [-0.05, 0) is 18.2 Å². The lowest BCUT2D eigenvalue weighted by Crippen LogP contribution is -2.31. The number of halogens is 1. The third-order valence-electron chi connectivity index (χ3n) is 2.39. The zero-order chi connectivity index (χ0) is 7.72. The highest BCUT2D eigenvalue weighted by Crippen LogP contribution is 2.37. The number of hydrogen-bond acceptors (Lipinski definition) is 0. The molecule has 1 rings (SSSR count). The fraction of sp³-hybridized carbons (Fsp3) is 1.00. The van der Waals surface area contributed by atoms with E-state index in [0.717, 1.165) is 12.8 Å². The Balaban J connectivity index is 2.52. The average Bonchev–Trinajstić information content (AvgIpc) is 1.93. The van der Waals surface area contributed by atoms with Crippen molar-refractivity contribution in [3.05, 3.63) is 0 Å². The van der Waals surface area contributed by atoms with Crippen LogP contribution in [0.2, 0.25) is 5.82 Å². The van der Waals surface area contributed by atoms with Gasteiger partial charge in [0.15, 0.2) is 0 Å². The highest BCUT2D eigenvalue weighted by molar-refractivity contribution is 7.17. The Hall–Kier alpha value is 0.425. The largest absolute Gasteiger partial charge is 0.247 e. The van der Waals surface area contributed by atoms with Gasteiger partial charge in [-0.1, -0.05) is 13.3 Å². The summed E-state index contributed by atoms with van der Waals surface area (Å²) in [6.45, 7) is 2.02. The van der Waals surface area contributed by atoms with E-state index in [1.165, 1.54) is 0 Å². The Labute approximate surface area is 65.6 Å². The van der Waals surface area contributed by atoms with E-state index in [2.05, 4.69) is 9.24 Å². The Morgan fingerprint density at radius 1 is 1.50 bits per heavy atom. The van der Waals surface area contributed by atoms with E-state index in [4.69, 9.17) is 7.85 Å². The second-order valence-corrected chi connectivity index (χ2v) is 4.10. The minimum Gasteiger partial charge on any atom is -0.247 e. The van der Waals surface area contributed by atoms with E-state index in [-0.39, 0.29) is 11.5 Å². The topological polar surface area (TPSA) is 0 Å². The summed E-state index contributed by atoms with van der Waals surface area (Å²) in [4.78, 5) is 0. The minimum absolute atomic E-state index is 0.0891. The first-order valence-corrected chi connectivity index (χ1v) is 4.45. The maximum absolute atomic E-state index is 13.1. The van der Waals surface area contributed by atoms with Gasteiger partial charge in [0.25, 0.3) is 0 Å². The molecule has 1 fully saturated rings. The number of alkyl halides is 1. The van der Waals surface area contributed by atoms with E-state index in [1.807, 2.05) is 6.92 Å². The van der Waals surface area contributed by atoms with Gasteiger partial charge in [0, 0.05) is 5.66 Å². The van der Waals surface area contributed by atoms with E-state index in [9.17, 15) is 4.39 Å². The Morgan fingerprint density at radius 2 is 2.10 bits per heavy atom. The zero-order valence-corrected chi connectivity index (χ0v) is 7.41. The third-order valence-corrected chi connectivity index (χ3v) is 3.09. The molecule has 0 heterocycles. The van der Waals surface area contributed by atoms with Crippen molar-refractivity contribution in [2.45, 2.75) is 37.4 Å². The second kappa shape index (κ2) is 3.22. The van der Waals surface area contributed by atoms with Gasteiger partial charge in [-0.2, -0.15) is 0 Å². The van der Waals surface area contributed by atoms with E-state index in [1.54, 1.807) is 0 Å². The molecule has 2 radical (unpaired) electrons. The van der Waals surface area contributed by atoms with Gasteiger partial charge < -0.3 is 0 Å². The maximum Gasteiger partial charge on any atom is 0.102 e. The van der Waals surface area contributed by atoms with Gasteiger partial charge in [-0.3, -0.25) is 0 Å². The SMILES string of the molecule is [B]C1C(F)C(P)CC[C@@H]1C. The van der Waals surface area contributed by atoms with Crippen LogP contribution in [0.1, 0.15) is 19.8 Å². The first-order chi connectivity index (χ1) is 4.63. The summed E-state index contributed by atoms with van der Waals surface area (Å²) < 4.78 is 13.1. The Kier molecular flexibility index (Phi) is 2.74. The molecular weight excluding hydrogens is 145 g/mol. The zero-order valence-electron chi connectivity index (χ0n) is 6.26. The number of hydrogen-bond donors (Lipinski definition) is 0. The molecule has 1 saturated carbocycles. The van der Waals surface area contributed by atoms with E-state index >= 15 is 0 Å². The summed E-state index contributed by atoms with van der Waals surface area (Å²) in [6, 6.07) is 0. The minimum atomic E-state index is -0.811. The fourth-order valence-electron chi connectivity index (χ4n) is 1.41. The molecule has 0 aromatic rings. The van der Waals surface area contributed by atoms with Crippen molar-refractivity contribution in [3.63, 3.8) is 0 Å². The third kappa shape index (κ3) is 1.53. The van der Waals surface area contributed by atoms with Gasteiger partial charge in [0.05, 0.1) is 7.85 Å². The molecule has 10 heavy (non-hydrogen) atoms. The molecule has 56 valence electrons. The van der Waals surface area contributed by atoms with Crippen molar-refractivity contribution in [3.8, 4) is 0 Å². The van der Waals surface area contributed by atoms with Crippen LogP contribution in [0.5, 0.6) is 0 Å². The second-order valence-electron chi connectivity index (χ2n) is 3.24. The van der Waals surface area contributed by atoms with Crippen LogP contribution < -0.4 is 0 Å². The van der Waals surface area contributed by atoms with Crippen molar-refractivity contribution in [2.24, 2.45) is 5.92 Å². The molecule has 0 amide bonds. The molecule has 0 aromatic carbocycles. The van der Waals surface area contributed by atoms with Gasteiger partial charge in [0.1, 0.15) is 6.17 Å². The molecule has 4 unspecified atom stereocenters. The van der Waals surface area contributed by atoms with Crippen LogP contribution >= 0.6 is 9.24 Å². The maximum atomic E-state index is 13.1. The summed E-state index contributed by atoms with van der Waals surface area (Å²) in [7, 11) is 8.15. The van der Waals surface area contributed by atoms with E-state index in [0.29, 0.717) is 5.92 Å². The molecule has 0 aromatic heterocycles. The van der Waals surface area contributed by atoms with Crippen molar-refractivity contribution in [2.75, 3.05) is 0 Å². The predicted octanol–water partition coefficient (Wildman–Crippen LogP) is 1.96. The number of rotatable bonds is 0. The molecular formula is C7H13BFP. The molecule has 1 aliphatic rings. The molecule has 1 aliphatic carbocycles. The lowest BCUT2D eigenvalue weighted by Gasteiger charge is -2.33. The summed E-state index contributed by atoms with van der Waals surface area (Å²) in [5.41, 5.74) is 0.0891. The lowest BCUT2D eigenvalue weighted by atomic mass is 9.67. The Morgan fingerprint density at radius 3 is 2.60 bits per heavy atom. The van der Waals surface area contributed by atoms with Crippen LogP contribution in [0, 0.1) is 5.92 Å². The van der Waals surface area contributed by atoms with Crippen LogP contribution in [0.4, 0.5) is 4.39 Å². The molecule has 0 nitrogen and oxygen atoms in total. The molecule has 3 heteroatoms. The van der Waals surface area contributed by atoms with Crippen molar-refractivity contribution in [1.82, 2.24) is 0 Å². The predicted molar refractivity (Wildman–Crippen MR) is 46.3 cm³/mol. The lowest BCUT2D eigenvalue weighted by molar-refractivity contribution is 0.217. The van der Waals surface area contributed by atoms with Crippen molar-refractivity contribution < 1.29 is 4.39 Å². The van der Waals surface area contributed by atoms with Crippen LogP contribution in [0.3, 0.4) is 0 Å². The van der Waals surface area contributed by atoms with Crippen molar-refractivity contribution >= 4 is 17.1 Å². The average molecular weight is 158 g/mol. The van der Waals surface area contributed by atoms with Crippen LogP contribution in [-0.4, -0.2) is 19.7 Å². The summed E-state index contributed by atoms with van der Waals surface area (Å²) in [5.74, 6) is 0.114. The van der Waals surface area contributed by atoms with Gasteiger partial charge in [-0.15, -0.1) is 9.24 Å². The quantitative estimate of drug-likeness (QED) is 0.373. The molecule has 0 spiro atoms. The monoisotopic (exact) mass is 158 g/mol. The highest BCUT2D eigenvalue weighted by Gasteiger charge is 2.31. The first kappa shape index (κ1) is 8.52. The molecule has 0 N–H and O–H groups in total. The Bertz CT molecular complexity index is 106. The van der Waals surface area contributed by atoms with Crippen LogP contribution in [0.25, 0.3) is 0 Å². The fourth-order valence-corrected chi connectivity index (χ4v) is 1.86. The summed E-state index contributed by atoms with van der Waals surface area (Å²) >= 11 is 0. The summed E-state index contributed by atoms with van der Waals surface area (Å²) in [6.07, 6.45) is 1.21. The first-order valence-electron chi connectivity index (χ1n) is 3.78. The van der Waals surface area contributed by atoms with Crippen LogP contribution in [-0.2, 0) is 0 Å². The standard InChI is InChI=1S/C7H13BFP/c1-4-2-3-5(10)7(9)6(4)8/h4-7H,2-3,10H2,1H3/t4-,5?,6?,7?/m0/s1. The molecule has 5 atom stereocenters. The van der Waals surface area contributed by atoms with Crippen LogP contribution in [0.15, 0.2) is 0 Å². The van der Waals surface area contributed by atoms with Crippen molar-refractivity contribution in [1.29, 1.82) is 0 Å². The normalized spacial score (nSPS) is 49.1. The van der Waals surface area contributed by atoms with Gasteiger partial charge in [-0.25, -0.2) is 4.39 Å². The molecule has 0 aliphatic heterocycles.